The number of hydrogen-bond donors (Lipinski definition) is 0. The Balaban J connectivity index is 1.08. The minimum absolute atomic E-state index is 0.0903. The third-order valence-electron chi connectivity index (χ3n) is 19.6. The van der Waals surface area contributed by atoms with E-state index in [1.54, 1.807) is 5.56 Å². The first-order valence-electron chi connectivity index (χ1n) is 24.2. The van der Waals surface area contributed by atoms with Crippen LogP contribution in [0.4, 0.5) is 34.1 Å². The Morgan fingerprint density at radius 3 is 1.69 bits per heavy atom. The van der Waals surface area contributed by atoms with Crippen LogP contribution in [0.5, 0.6) is 0 Å². The van der Waals surface area contributed by atoms with Crippen molar-refractivity contribution in [3.8, 4) is 0 Å². The van der Waals surface area contributed by atoms with Crippen LogP contribution >= 0.6 is 0 Å². The quantitative estimate of drug-likeness (QED) is 0.166. The Labute approximate surface area is 364 Å². The monoisotopic (exact) mass is 800 g/mol. The van der Waals surface area contributed by atoms with Crippen molar-refractivity contribution >= 4 is 57.2 Å². The lowest BCUT2D eigenvalue weighted by Crippen LogP contribution is -2.66. The number of nitrogens with zero attached hydrogens (tertiary/aromatic N) is 3. The van der Waals surface area contributed by atoms with Crippen LogP contribution in [0.15, 0.2) is 91.3 Å². The van der Waals surface area contributed by atoms with Gasteiger partial charge < -0.3 is 9.80 Å². The van der Waals surface area contributed by atoms with E-state index < -0.39 is 0 Å². The van der Waals surface area contributed by atoms with Crippen molar-refractivity contribution < 1.29 is 0 Å². The maximum Gasteiger partial charge on any atom is 0.252 e. The SMILES string of the molecule is CC1(C)CC(C)(C)c2cc(N3c4cc5c(cc4B4c6ccncc6N(c6ccccc6)c6cc(C78CC9C%10CC%11CC9C(C7)C(C%11)C%10C8)cc3c64)C(C)(C)CC5(C)C)ccc21. The topological polar surface area (TPSA) is 19.4 Å². The largest absolute Gasteiger partial charge is 0.311 e. The van der Waals surface area contributed by atoms with E-state index in [-0.39, 0.29) is 33.8 Å². The van der Waals surface area contributed by atoms with Gasteiger partial charge in [0.2, 0.25) is 0 Å². The van der Waals surface area contributed by atoms with Gasteiger partial charge in [-0.3, -0.25) is 4.98 Å². The minimum Gasteiger partial charge on any atom is -0.311 e. The van der Waals surface area contributed by atoms with Gasteiger partial charge in [0.1, 0.15) is 0 Å². The summed E-state index contributed by atoms with van der Waals surface area (Å²) in [4.78, 5) is 10.3. The molecular formula is C57H62BN3. The number of rotatable bonds is 3. The maximum atomic E-state index is 4.90. The number of para-hydroxylation sites is 1. The smallest absolute Gasteiger partial charge is 0.252 e. The Hall–Kier alpha value is -4.31. The molecule has 3 nitrogen and oxygen atoms in total. The third-order valence-corrected chi connectivity index (χ3v) is 19.6. The molecule has 8 bridgehead atoms. The molecule has 1 aromatic heterocycles. The highest BCUT2D eigenvalue weighted by atomic mass is 15.2. The number of anilines is 6. The van der Waals surface area contributed by atoms with Gasteiger partial charge in [-0.2, -0.15) is 0 Å². The van der Waals surface area contributed by atoms with E-state index in [0.717, 1.165) is 47.8 Å². The van der Waals surface area contributed by atoms with Crippen molar-refractivity contribution in [1.29, 1.82) is 0 Å². The van der Waals surface area contributed by atoms with E-state index in [4.69, 9.17) is 4.98 Å². The molecule has 7 saturated carbocycles. The molecule has 0 N–H and O–H groups in total. The first kappa shape index (κ1) is 36.2. The minimum atomic E-state index is 0.0903. The third kappa shape index (κ3) is 4.51. The summed E-state index contributed by atoms with van der Waals surface area (Å²) in [5.41, 5.74) is 20.7. The molecule has 308 valence electrons. The highest BCUT2D eigenvalue weighted by Gasteiger charge is 2.68. The molecular weight excluding hydrogens is 737 g/mol. The molecule has 3 heterocycles. The fourth-order valence-corrected chi connectivity index (χ4v) is 18.1. The summed E-state index contributed by atoms with van der Waals surface area (Å²) in [5.74, 6) is 6.77. The summed E-state index contributed by atoms with van der Waals surface area (Å²) < 4.78 is 0. The van der Waals surface area contributed by atoms with Gasteiger partial charge in [-0.1, -0.05) is 85.7 Å². The lowest BCUT2D eigenvalue weighted by atomic mass is 9.31. The molecule has 0 saturated heterocycles. The molecule has 4 aromatic carbocycles. The normalized spacial score (nSPS) is 33.4. The van der Waals surface area contributed by atoms with E-state index >= 15 is 0 Å². The van der Waals surface area contributed by atoms with E-state index in [9.17, 15) is 0 Å². The molecule has 11 aliphatic rings. The molecule has 0 radical (unpaired) electrons. The second-order valence-electron chi connectivity index (χ2n) is 24.8. The molecule has 0 unspecified atom stereocenters. The van der Waals surface area contributed by atoms with Crippen LogP contribution in [0.25, 0.3) is 0 Å². The Morgan fingerprint density at radius 2 is 1.07 bits per heavy atom. The van der Waals surface area contributed by atoms with Crippen LogP contribution in [0.3, 0.4) is 0 Å². The summed E-state index contributed by atoms with van der Waals surface area (Å²) in [7, 11) is 0. The lowest BCUT2D eigenvalue weighted by Gasteiger charge is -2.72. The van der Waals surface area contributed by atoms with E-state index in [0.29, 0.717) is 0 Å². The van der Waals surface area contributed by atoms with Gasteiger partial charge in [-0.05, 0) is 213 Å². The van der Waals surface area contributed by atoms with Crippen LogP contribution in [-0.2, 0) is 27.1 Å². The summed E-state index contributed by atoms with van der Waals surface area (Å²) in [5, 5.41) is 0. The summed E-state index contributed by atoms with van der Waals surface area (Å²) >= 11 is 0. The molecule has 0 spiro atoms. The fourth-order valence-electron chi connectivity index (χ4n) is 18.1. The van der Waals surface area contributed by atoms with Gasteiger partial charge in [0.25, 0.3) is 6.71 Å². The van der Waals surface area contributed by atoms with Crippen molar-refractivity contribution in [2.45, 2.75) is 134 Å². The van der Waals surface area contributed by atoms with Crippen molar-refractivity contribution in [3.63, 3.8) is 0 Å². The highest BCUT2D eigenvalue weighted by Crippen LogP contribution is 2.74. The predicted molar refractivity (Wildman–Crippen MR) is 253 cm³/mol. The van der Waals surface area contributed by atoms with Gasteiger partial charge in [-0.25, -0.2) is 0 Å². The van der Waals surface area contributed by atoms with Crippen LogP contribution in [0.1, 0.15) is 135 Å². The lowest BCUT2D eigenvalue weighted by molar-refractivity contribution is -0.212. The molecule has 2 aliphatic heterocycles. The second-order valence-corrected chi connectivity index (χ2v) is 24.8. The summed E-state index contributed by atoms with van der Waals surface area (Å²) in [6.45, 7) is 20.0. The first-order valence-corrected chi connectivity index (χ1v) is 24.2. The molecule has 0 atom stereocenters. The summed E-state index contributed by atoms with van der Waals surface area (Å²) in [6, 6.07) is 32.2. The van der Waals surface area contributed by atoms with Gasteiger partial charge in [0.05, 0.1) is 11.9 Å². The zero-order valence-electron chi connectivity index (χ0n) is 37.8. The van der Waals surface area contributed by atoms with Crippen LogP contribution in [0, 0.1) is 41.4 Å². The molecule has 9 aliphatic carbocycles. The van der Waals surface area contributed by atoms with Crippen molar-refractivity contribution in [2.24, 2.45) is 41.4 Å². The van der Waals surface area contributed by atoms with Gasteiger partial charge in [0, 0.05) is 34.6 Å². The van der Waals surface area contributed by atoms with Crippen LogP contribution < -0.4 is 26.2 Å². The number of fused-ring (bicyclic) bond motifs is 6. The maximum absolute atomic E-state index is 4.90. The molecule has 7 fully saturated rings. The van der Waals surface area contributed by atoms with E-state index in [1.807, 2.05) is 0 Å². The Kier molecular flexibility index (Phi) is 6.68. The van der Waals surface area contributed by atoms with E-state index in [2.05, 4.69) is 156 Å². The van der Waals surface area contributed by atoms with Gasteiger partial charge >= 0.3 is 0 Å². The predicted octanol–water partition coefficient (Wildman–Crippen LogP) is 12.0. The van der Waals surface area contributed by atoms with Crippen molar-refractivity contribution in [1.82, 2.24) is 4.98 Å². The van der Waals surface area contributed by atoms with Gasteiger partial charge in [0.15, 0.2) is 0 Å². The molecule has 16 rings (SSSR count). The highest BCUT2D eigenvalue weighted by molar-refractivity contribution is 7.00. The Bertz CT molecular complexity index is 2700. The number of hydrogen-bond acceptors (Lipinski definition) is 3. The van der Waals surface area contributed by atoms with Crippen LogP contribution in [0.2, 0.25) is 0 Å². The zero-order chi connectivity index (χ0) is 41.3. The number of benzene rings is 4. The molecule has 0 amide bonds. The van der Waals surface area contributed by atoms with Crippen molar-refractivity contribution in [2.75, 3.05) is 9.80 Å². The van der Waals surface area contributed by atoms with E-state index in [1.165, 1.54) is 118 Å². The zero-order valence-corrected chi connectivity index (χ0v) is 37.8. The fraction of sp³-hybridized carbons (Fsp3) is 0.491. The summed E-state index contributed by atoms with van der Waals surface area (Å²) in [6.07, 6.45) is 15.3. The first-order chi connectivity index (χ1) is 29.1. The van der Waals surface area contributed by atoms with Crippen LogP contribution in [-0.4, -0.2) is 11.7 Å². The van der Waals surface area contributed by atoms with Gasteiger partial charge in [-0.15, -0.1) is 0 Å². The number of pyridine rings is 1. The molecule has 61 heavy (non-hydrogen) atoms. The van der Waals surface area contributed by atoms with Crippen molar-refractivity contribution in [3.05, 3.63) is 119 Å². The average Bonchev–Trinajstić information content (AvgIpc) is 3.55. The molecule has 5 aromatic rings. The Morgan fingerprint density at radius 1 is 0.508 bits per heavy atom. The molecule has 4 heteroatoms. The second kappa shape index (κ2) is 11.3. The number of aromatic nitrogens is 1. The average molecular weight is 800 g/mol. The standard InChI is InChI=1S/C57H62BN3/c1-53(2)30-54(3,4)43-23-35(14-15-42(43)53)61-48-25-45-44(55(5,6)31-56(45,7)8)24-47(48)58-46-16-17-59-29-51(46)60(34-12-10-9-11-13-34)49-21-33(22-50(61)52(49)58)57-26-39-36-18-32-19-37(39)41(28-57)38(20-32)40(36)27-57/h9-17,21-25,29,32,36-41H,18-20,26-28,30-31H2,1-8H3.